The van der Waals surface area contributed by atoms with Crippen LogP contribution in [0.1, 0.15) is 43.3 Å². The molecule has 0 bridgehead atoms. The van der Waals surface area contributed by atoms with Crippen molar-refractivity contribution >= 4 is 39.5 Å². The van der Waals surface area contributed by atoms with Crippen molar-refractivity contribution in [2.24, 2.45) is 0 Å². The molecule has 4 aromatic rings. The van der Waals surface area contributed by atoms with E-state index in [0.717, 1.165) is 31.7 Å². The molecule has 0 aliphatic carbocycles. The largest absolute Gasteiger partial charge is 0.459 e. The molecule has 0 saturated heterocycles. The summed E-state index contributed by atoms with van der Waals surface area (Å²) in [6.45, 7) is 5.92. The van der Waals surface area contributed by atoms with Crippen molar-refractivity contribution in [3.63, 3.8) is 0 Å². The van der Waals surface area contributed by atoms with Crippen LogP contribution in [0.15, 0.2) is 52.5 Å². The molecule has 29 heavy (non-hydrogen) atoms. The number of thiophene rings is 2. The molecule has 0 unspecified atom stereocenters. The number of nitrogens with zero attached hydrogens (tertiary/aromatic N) is 2. The Kier molecular flexibility index (Phi) is 5.46. The van der Waals surface area contributed by atoms with Gasteiger partial charge in [0.1, 0.15) is 5.00 Å². The molecule has 0 fully saturated rings. The second-order valence-electron chi connectivity index (χ2n) is 6.64. The molecule has 1 amide bonds. The lowest BCUT2D eigenvalue weighted by atomic mass is 10.1. The quantitative estimate of drug-likeness (QED) is 0.423. The van der Waals surface area contributed by atoms with Crippen LogP contribution in [0.3, 0.4) is 0 Å². The van der Waals surface area contributed by atoms with E-state index in [9.17, 15) is 4.79 Å². The average molecular weight is 425 g/mol. The fourth-order valence-corrected chi connectivity index (χ4v) is 4.84. The number of hydrogen-bond acceptors (Lipinski definition) is 7. The van der Waals surface area contributed by atoms with Gasteiger partial charge in [-0.25, -0.2) is 9.97 Å². The molecule has 0 aromatic carbocycles. The van der Waals surface area contributed by atoms with Gasteiger partial charge in [0, 0.05) is 26.7 Å². The molecule has 0 spiro atoms. The summed E-state index contributed by atoms with van der Waals surface area (Å²) in [5.41, 5.74) is 2.77. The number of furan rings is 1. The number of nitrogens with one attached hydrogen (secondary N) is 2. The van der Waals surface area contributed by atoms with Gasteiger partial charge in [0.25, 0.3) is 5.91 Å². The van der Waals surface area contributed by atoms with E-state index in [1.165, 1.54) is 17.6 Å². The highest BCUT2D eigenvalue weighted by atomic mass is 32.1. The van der Waals surface area contributed by atoms with Gasteiger partial charge in [-0.1, -0.05) is 6.07 Å². The lowest BCUT2D eigenvalue weighted by molar-refractivity contribution is 0.0997. The number of rotatable bonds is 6. The van der Waals surface area contributed by atoms with Crippen LogP contribution in [0.4, 0.5) is 10.9 Å². The first-order chi connectivity index (χ1) is 14.0. The zero-order valence-corrected chi connectivity index (χ0v) is 17.9. The van der Waals surface area contributed by atoms with Gasteiger partial charge in [-0.05, 0) is 56.5 Å². The second kappa shape index (κ2) is 8.18. The molecule has 4 rings (SSSR count). The minimum Gasteiger partial charge on any atom is -0.459 e. The Morgan fingerprint density at radius 1 is 1.10 bits per heavy atom. The lowest BCUT2D eigenvalue weighted by Crippen LogP contribution is -2.17. The summed E-state index contributed by atoms with van der Waals surface area (Å²) >= 11 is 3.18. The molecule has 4 heterocycles. The normalized spacial score (nSPS) is 12.0. The second-order valence-corrected chi connectivity index (χ2v) is 8.88. The van der Waals surface area contributed by atoms with E-state index in [0.29, 0.717) is 5.95 Å². The zero-order valence-electron chi connectivity index (χ0n) is 16.2. The van der Waals surface area contributed by atoms with Gasteiger partial charge in [-0.2, -0.15) is 0 Å². The average Bonchev–Trinajstić information content (AvgIpc) is 3.41. The molecule has 0 aliphatic rings. The summed E-state index contributed by atoms with van der Waals surface area (Å²) in [5.74, 6) is 0.569. The van der Waals surface area contributed by atoms with Crippen molar-refractivity contribution in [2.45, 2.75) is 26.8 Å². The predicted octanol–water partition coefficient (Wildman–Crippen LogP) is 5.57. The van der Waals surface area contributed by atoms with Gasteiger partial charge < -0.3 is 15.1 Å². The number of carbonyl (C=O) groups is 1. The van der Waals surface area contributed by atoms with Crippen LogP contribution < -0.4 is 10.6 Å². The van der Waals surface area contributed by atoms with Gasteiger partial charge in [0.15, 0.2) is 5.76 Å². The number of aromatic nitrogens is 2. The third kappa shape index (κ3) is 4.38. The number of anilines is 2. The zero-order chi connectivity index (χ0) is 20.4. The van der Waals surface area contributed by atoms with E-state index >= 15 is 0 Å². The Balaban J connectivity index is 1.71. The number of amides is 1. The van der Waals surface area contributed by atoms with Gasteiger partial charge >= 0.3 is 0 Å². The van der Waals surface area contributed by atoms with Crippen molar-refractivity contribution in [1.82, 2.24) is 9.97 Å². The Bertz CT molecular complexity index is 1100. The highest BCUT2D eigenvalue weighted by Crippen LogP contribution is 2.38. The predicted molar refractivity (Wildman–Crippen MR) is 117 cm³/mol. The van der Waals surface area contributed by atoms with Gasteiger partial charge in [-0.3, -0.25) is 4.79 Å². The molecule has 6 nitrogen and oxygen atoms in total. The maximum atomic E-state index is 12.6. The Labute approximate surface area is 176 Å². The molecular weight excluding hydrogens is 404 g/mol. The van der Waals surface area contributed by atoms with E-state index in [-0.39, 0.29) is 17.7 Å². The summed E-state index contributed by atoms with van der Waals surface area (Å²) in [4.78, 5) is 23.8. The molecule has 8 heteroatoms. The molecule has 0 radical (unpaired) electrons. The summed E-state index contributed by atoms with van der Waals surface area (Å²) in [6, 6.07) is 11.3. The third-order valence-electron chi connectivity index (χ3n) is 4.25. The minimum absolute atomic E-state index is 0.187. The van der Waals surface area contributed by atoms with Crippen molar-refractivity contribution in [2.75, 3.05) is 10.6 Å². The van der Waals surface area contributed by atoms with Crippen LogP contribution in [0, 0.1) is 20.8 Å². The highest BCUT2D eigenvalue weighted by Gasteiger charge is 2.24. The van der Waals surface area contributed by atoms with E-state index in [4.69, 9.17) is 4.42 Å². The Morgan fingerprint density at radius 2 is 1.90 bits per heavy atom. The maximum Gasteiger partial charge on any atom is 0.291 e. The molecular formula is C21H20N4O2S2. The summed E-state index contributed by atoms with van der Waals surface area (Å²) < 4.78 is 5.23. The number of aryl methyl sites for hydroxylation is 3. The highest BCUT2D eigenvalue weighted by molar-refractivity contribution is 7.16. The van der Waals surface area contributed by atoms with Crippen LogP contribution in [0.5, 0.6) is 0 Å². The van der Waals surface area contributed by atoms with E-state index in [1.807, 2.05) is 38.3 Å². The summed E-state index contributed by atoms with van der Waals surface area (Å²) in [5, 5.41) is 9.27. The monoisotopic (exact) mass is 424 g/mol. The molecule has 0 aliphatic heterocycles. The first kappa shape index (κ1) is 19.4. The topological polar surface area (TPSA) is 80.0 Å². The minimum atomic E-state index is -0.273. The lowest BCUT2D eigenvalue weighted by Gasteiger charge is -2.19. The van der Waals surface area contributed by atoms with E-state index in [1.54, 1.807) is 23.5 Å². The SMILES string of the molecule is Cc1cc(C)nc(N[C@H](c2cccs2)c2cc(C)sc2NC(=O)c2ccco2)n1. The molecule has 2 N–H and O–H groups in total. The smallest absolute Gasteiger partial charge is 0.291 e. The molecule has 148 valence electrons. The van der Waals surface area contributed by atoms with Gasteiger partial charge in [0.05, 0.1) is 12.3 Å². The Morgan fingerprint density at radius 3 is 2.55 bits per heavy atom. The number of hydrogen-bond donors (Lipinski definition) is 2. The fourth-order valence-electron chi connectivity index (χ4n) is 3.10. The Hall–Kier alpha value is -2.97. The van der Waals surface area contributed by atoms with Crippen LogP contribution in [0.25, 0.3) is 0 Å². The van der Waals surface area contributed by atoms with Crippen molar-refractivity contribution in [3.8, 4) is 0 Å². The van der Waals surface area contributed by atoms with Crippen molar-refractivity contribution in [1.29, 1.82) is 0 Å². The van der Waals surface area contributed by atoms with Crippen LogP contribution >= 0.6 is 22.7 Å². The van der Waals surface area contributed by atoms with Crippen LogP contribution in [-0.4, -0.2) is 15.9 Å². The fraction of sp³-hybridized carbons (Fsp3) is 0.190. The number of carbonyl (C=O) groups excluding carboxylic acids is 1. The standard InChI is InChI=1S/C21H20N4O2S2/c1-12-10-13(2)23-21(22-12)24-18(17-7-5-9-28-17)15-11-14(3)29-20(15)25-19(26)16-6-4-8-27-16/h4-11,18H,1-3H3,(H,25,26)(H,22,23,24)/t18-/m0/s1. The van der Waals surface area contributed by atoms with E-state index < -0.39 is 0 Å². The van der Waals surface area contributed by atoms with E-state index in [2.05, 4.69) is 32.7 Å². The first-order valence-electron chi connectivity index (χ1n) is 9.07. The van der Waals surface area contributed by atoms with Gasteiger partial charge in [-0.15, -0.1) is 22.7 Å². The van der Waals surface area contributed by atoms with Crippen LogP contribution in [-0.2, 0) is 0 Å². The maximum absolute atomic E-state index is 12.6. The summed E-state index contributed by atoms with van der Waals surface area (Å²) in [6.07, 6.45) is 1.49. The van der Waals surface area contributed by atoms with Crippen molar-refractivity contribution in [3.05, 3.63) is 80.5 Å². The molecule has 1 atom stereocenters. The van der Waals surface area contributed by atoms with Crippen molar-refractivity contribution < 1.29 is 9.21 Å². The van der Waals surface area contributed by atoms with Gasteiger partial charge in [0.2, 0.25) is 5.95 Å². The molecule has 4 aromatic heterocycles. The third-order valence-corrected chi connectivity index (χ3v) is 6.17. The first-order valence-corrected chi connectivity index (χ1v) is 10.8. The van der Waals surface area contributed by atoms with Crippen LogP contribution in [0.2, 0.25) is 0 Å². The summed E-state index contributed by atoms with van der Waals surface area (Å²) in [7, 11) is 0. The molecule has 0 saturated carbocycles.